The summed E-state index contributed by atoms with van der Waals surface area (Å²) in [6, 6.07) is 4.06. The first kappa shape index (κ1) is 13.0. The normalized spacial score (nSPS) is 19.0. The minimum atomic E-state index is -5.63. The number of fused-ring (bicyclic) bond motifs is 1. The maximum atomic E-state index is 12.9. The van der Waals surface area contributed by atoms with Gasteiger partial charge in [0.05, 0.1) is 0 Å². The molecule has 0 fully saturated rings. The zero-order valence-corrected chi connectivity index (χ0v) is 8.60. The molecule has 1 heterocycles. The second kappa shape index (κ2) is 3.78. The number of benzene rings is 1. The molecule has 100 valence electrons. The molecular formula is C10H6F6O2. The third-order valence-electron chi connectivity index (χ3n) is 2.55. The predicted octanol–water partition coefficient (Wildman–Crippen LogP) is 3.37. The third kappa shape index (κ3) is 1.63. The lowest BCUT2D eigenvalue weighted by Gasteiger charge is -2.40. The summed E-state index contributed by atoms with van der Waals surface area (Å²) >= 11 is 0. The highest BCUT2D eigenvalue weighted by Crippen LogP contribution is 2.56. The monoisotopic (exact) mass is 272 g/mol. The Kier molecular flexibility index (Phi) is 2.73. The van der Waals surface area contributed by atoms with Gasteiger partial charge in [0.2, 0.25) is 0 Å². The van der Waals surface area contributed by atoms with Gasteiger partial charge in [0.25, 0.3) is 5.60 Å². The third-order valence-corrected chi connectivity index (χ3v) is 2.55. The van der Waals surface area contributed by atoms with Crippen molar-refractivity contribution in [2.24, 2.45) is 0 Å². The van der Waals surface area contributed by atoms with E-state index in [9.17, 15) is 26.3 Å². The van der Waals surface area contributed by atoms with E-state index in [1.807, 2.05) is 0 Å². The van der Waals surface area contributed by atoms with E-state index in [-0.39, 0.29) is 0 Å². The van der Waals surface area contributed by atoms with Gasteiger partial charge in [-0.25, -0.2) is 0 Å². The van der Waals surface area contributed by atoms with Crippen LogP contribution in [0.4, 0.5) is 26.3 Å². The van der Waals surface area contributed by atoms with Crippen LogP contribution in [0.15, 0.2) is 24.3 Å². The highest BCUT2D eigenvalue weighted by Gasteiger charge is 2.75. The number of hydrogen-bond donors (Lipinski definition) is 0. The molecule has 0 saturated carbocycles. The number of ether oxygens (including phenoxy) is 2. The van der Waals surface area contributed by atoms with Crippen LogP contribution in [0.5, 0.6) is 5.75 Å². The maximum absolute atomic E-state index is 12.9. The average molecular weight is 272 g/mol. The number of alkyl halides is 6. The Morgan fingerprint density at radius 1 is 0.944 bits per heavy atom. The Morgan fingerprint density at radius 2 is 1.50 bits per heavy atom. The highest BCUT2D eigenvalue weighted by atomic mass is 19.4. The molecular weight excluding hydrogens is 266 g/mol. The van der Waals surface area contributed by atoms with Crippen molar-refractivity contribution in [3.63, 3.8) is 0 Å². The largest absolute Gasteiger partial charge is 0.467 e. The number of rotatable bonds is 0. The van der Waals surface area contributed by atoms with Crippen LogP contribution in [0.25, 0.3) is 0 Å². The fourth-order valence-corrected chi connectivity index (χ4v) is 1.77. The maximum Gasteiger partial charge on any atom is 0.431 e. The molecule has 8 heteroatoms. The van der Waals surface area contributed by atoms with Gasteiger partial charge in [0, 0.05) is 5.56 Å². The van der Waals surface area contributed by atoms with Crippen LogP contribution in [0, 0.1) is 0 Å². The summed E-state index contributed by atoms with van der Waals surface area (Å²) < 4.78 is 85.8. The minimum Gasteiger partial charge on any atom is -0.467 e. The number of para-hydroxylation sites is 1. The summed E-state index contributed by atoms with van der Waals surface area (Å²) in [4.78, 5) is 0. The van der Waals surface area contributed by atoms with Crippen molar-refractivity contribution in [2.45, 2.75) is 18.0 Å². The molecule has 0 radical (unpaired) electrons. The summed E-state index contributed by atoms with van der Waals surface area (Å²) in [7, 11) is 0. The van der Waals surface area contributed by atoms with E-state index in [1.165, 1.54) is 6.07 Å². The quantitative estimate of drug-likeness (QED) is 0.674. The van der Waals surface area contributed by atoms with Gasteiger partial charge in [0.15, 0.2) is 6.79 Å². The predicted molar refractivity (Wildman–Crippen MR) is 46.8 cm³/mol. The van der Waals surface area contributed by atoms with Crippen LogP contribution in [0.2, 0.25) is 0 Å². The standard InChI is InChI=1S/C10H6F6O2/c11-9(12,13)8(10(14,15)16)6-3-1-2-4-7(6)17-5-18-8/h1-4H,5H2. The molecule has 0 spiro atoms. The van der Waals surface area contributed by atoms with Crippen molar-refractivity contribution >= 4 is 0 Å². The molecule has 2 rings (SSSR count). The Labute approximate surface area is 97.1 Å². The topological polar surface area (TPSA) is 18.5 Å². The molecule has 18 heavy (non-hydrogen) atoms. The smallest absolute Gasteiger partial charge is 0.431 e. The van der Waals surface area contributed by atoms with Gasteiger partial charge in [-0.2, -0.15) is 26.3 Å². The van der Waals surface area contributed by atoms with Crippen molar-refractivity contribution in [1.82, 2.24) is 0 Å². The molecule has 0 atom stereocenters. The lowest BCUT2D eigenvalue weighted by atomic mass is 9.90. The Bertz CT molecular complexity index is 436. The zero-order valence-electron chi connectivity index (χ0n) is 8.60. The second-order valence-corrected chi connectivity index (χ2v) is 3.58. The van der Waals surface area contributed by atoms with E-state index >= 15 is 0 Å². The van der Waals surface area contributed by atoms with Crippen LogP contribution in [-0.4, -0.2) is 19.1 Å². The van der Waals surface area contributed by atoms with Crippen LogP contribution < -0.4 is 4.74 Å². The lowest BCUT2D eigenvalue weighted by molar-refractivity contribution is -0.403. The molecule has 0 amide bonds. The van der Waals surface area contributed by atoms with Crippen LogP contribution in [0.3, 0.4) is 0 Å². The van der Waals surface area contributed by atoms with Gasteiger partial charge < -0.3 is 9.47 Å². The van der Waals surface area contributed by atoms with Gasteiger partial charge in [-0.3, -0.25) is 0 Å². The van der Waals surface area contributed by atoms with Gasteiger partial charge >= 0.3 is 12.4 Å². The van der Waals surface area contributed by atoms with Crippen molar-refractivity contribution < 1.29 is 35.8 Å². The fraction of sp³-hybridized carbons (Fsp3) is 0.400. The molecule has 0 unspecified atom stereocenters. The van der Waals surface area contributed by atoms with Gasteiger partial charge in [-0.1, -0.05) is 18.2 Å². The van der Waals surface area contributed by atoms with E-state index in [4.69, 9.17) is 0 Å². The van der Waals surface area contributed by atoms with Gasteiger partial charge in [-0.15, -0.1) is 0 Å². The molecule has 1 aliphatic heterocycles. The highest BCUT2D eigenvalue weighted by molar-refractivity contribution is 5.41. The van der Waals surface area contributed by atoms with E-state index in [0.717, 1.165) is 12.1 Å². The zero-order chi connectivity index (χ0) is 13.6. The van der Waals surface area contributed by atoms with E-state index in [0.29, 0.717) is 6.07 Å². The molecule has 1 aromatic rings. The van der Waals surface area contributed by atoms with Gasteiger partial charge in [0.1, 0.15) is 5.75 Å². The van der Waals surface area contributed by atoms with Crippen molar-refractivity contribution in [2.75, 3.05) is 6.79 Å². The molecule has 2 nitrogen and oxygen atoms in total. The summed E-state index contributed by atoms with van der Waals surface area (Å²) in [5.41, 5.74) is -5.43. The van der Waals surface area contributed by atoms with Crippen LogP contribution in [-0.2, 0) is 10.3 Å². The second-order valence-electron chi connectivity index (χ2n) is 3.58. The first-order valence-electron chi connectivity index (χ1n) is 4.70. The van der Waals surface area contributed by atoms with Crippen molar-refractivity contribution in [3.8, 4) is 5.75 Å². The van der Waals surface area contributed by atoms with Crippen LogP contribution >= 0.6 is 0 Å². The summed E-state index contributed by atoms with van der Waals surface area (Å²) in [6.07, 6.45) is -11.3. The first-order chi connectivity index (χ1) is 8.20. The average Bonchev–Trinajstić information content (AvgIpc) is 2.25. The molecule has 1 aromatic carbocycles. The van der Waals surface area contributed by atoms with Gasteiger partial charge in [-0.05, 0) is 6.07 Å². The first-order valence-corrected chi connectivity index (χ1v) is 4.70. The summed E-state index contributed by atoms with van der Waals surface area (Å²) in [6.45, 7) is -1.12. The summed E-state index contributed by atoms with van der Waals surface area (Å²) in [5.74, 6) is -0.488. The SMILES string of the molecule is FC(F)(F)C1(C(F)(F)F)OCOc2ccccc21. The molecule has 1 aliphatic rings. The van der Waals surface area contributed by atoms with E-state index in [2.05, 4.69) is 9.47 Å². The minimum absolute atomic E-state index is 0.488. The molecule has 0 aromatic heterocycles. The van der Waals surface area contributed by atoms with Crippen LogP contribution in [0.1, 0.15) is 5.56 Å². The van der Waals surface area contributed by atoms with Crippen molar-refractivity contribution in [3.05, 3.63) is 29.8 Å². The molecule has 0 N–H and O–H groups in total. The fourth-order valence-electron chi connectivity index (χ4n) is 1.77. The molecule has 0 saturated heterocycles. The number of hydrogen-bond acceptors (Lipinski definition) is 2. The van der Waals surface area contributed by atoms with E-state index < -0.39 is 36.1 Å². The molecule has 0 bridgehead atoms. The Balaban J connectivity index is 2.72. The lowest BCUT2D eigenvalue weighted by Crippen LogP contribution is -2.58. The Hall–Kier alpha value is -1.44. The molecule has 0 aliphatic carbocycles. The number of halogens is 6. The van der Waals surface area contributed by atoms with E-state index in [1.54, 1.807) is 0 Å². The summed E-state index contributed by atoms with van der Waals surface area (Å²) in [5, 5.41) is 0. The Morgan fingerprint density at radius 3 is 2.06 bits per heavy atom. The van der Waals surface area contributed by atoms with Crippen molar-refractivity contribution in [1.29, 1.82) is 0 Å².